The normalized spacial score (nSPS) is 17.7. The lowest BCUT2D eigenvalue weighted by Crippen LogP contribution is -2.38. The van der Waals surface area contributed by atoms with Gasteiger partial charge in [0.1, 0.15) is 0 Å². The summed E-state index contributed by atoms with van der Waals surface area (Å²) in [6.07, 6.45) is 4.72. The predicted octanol–water partition coefficient (Wildman–Crippen LogP) is 4.22. The smallest absolute Gasteiger partial charge is 0.230 e. The van der Waals surface area contributed by atoms with Gasteiger partial charge in [-0.25, -0.2) is 4.98 Å². The van der Waals surface area contributed by atoms with E-state index in [1.54, 1.807) is 6.20 Å². The summed E-state index contributed by atoms with van der Waals surface area (Å²) in [6.45, 7) is 6.22. The van der Waals surface area contributed by atoms with Crippen LogP contribution in [0.1, 0.15) is 30.5 Å². The average Bonchev–Trinajstić information content (AvgIpc) is 3.42. The highest BCUT2D eigenvalue weighted by atomic mass is 32.2. The molecule has 4 rings (SSSR count). The van der Waals surface area contributed by atoms with E-state index in [0.29, 0.717) is 11.8 Å². The van der Waals surface area contributed by atoms with Crippen LogP contribution in [0, 0.1) is 6.92 Å². The van der Waals surface area contributed by atoms with Gasteiger partial charge in [-0.3, -0.25) is 14.3 Å². The number of benzene rings is 2. The van der Waals surface area contributed by atoms with Crippen molar-refractivity contribution in [1.29, 1.82) is 0 Å². The second kappa shape index (κ2) is 9.49. The van der Waals surface area contributed by atoms with Gasteiger partial charge in [0.25, 0.3) is 0 Å². The second-order valence-electron chi connectivity index (χ2n) is 7.79. The number of para-hydroxylation sites is 1. The van der Waals surface area contributed by atoms with E-state index in [0.717, 1.165) is 30.4 Å². The molecule has 2 aromatic carbocycles. The zero-order valence-corrected chi connectivity index (χ0v) is 18.3. The molecule has 0 bridgehead atoms. The molecule has 6 heteroatoms. The van der Waals surface area contributed by atoms with Crippen molar-refractivity contribution in [3.8, 4) is 5.69 Å². The van der Waals surface area contributed by atoms with Crippen molar-refractivity contribution in [2.45, 2.75) is 37.5 Å². The van der Waals surface area contributed by atoms with Gasteiger partial charge in [0.2, 0.25) is 5.91 Å². The number of rotatable bonds is 7. The van der Waals surface area contributed by atoms with Crippen molar-refractivity contribution in [3.63, 3.8) is 0 Å². The second-order valence-corrected chi connectivity index (χ2v) is 8.73. The van der Waals surface area contributed by atoms with Gasteiger partial charge in [0, 0.05) is 37.6 Å². The van der Waals surface area contributed by atoms with Crippen molar-refractivity contribution in [3.05, 3.63) is 78.1 Å². The molecular formula is C24H28N4OS. The van der Waals surface area contributed by atoms with E-state index >= 15 is 0 Å². The Morgan fingerprint density at radius 3 is 2.77 bits per heavy atom. The van der Waals surface area contributed by atoms with Crippen LogP contribution < -0.4 is 5.32 Å². The molecule has 0 aliphatic carbocycles. The van der Waals surface area contributed by atoms with Crippen LogP contribution in [-0.2, 0) is 4.79 Å². The van der Waals surface area contributed by atoms with Crippen LogP contribution in [0.5, 0.6) is 0 Å². The molecule has 3 aromatic rings. The van der Waals surface area contributed by atoms with Crippen LogP contribution in [0.25, 0.3) is 5.69 Å². The Labute approximate surface area is 182 Å². The van der Waals surface area contributed by atoms with Crippen molar-refractivity contribution >= 4 is 17.7 Å². The Kier molecular flexibility index (Phi) is 6.55. The molecule has 0 radical (unpaired) electrons. The Morgan fingerprint density at radius 1 is 1.20 bits per heavy atom. The fraction of sp³-hybridized carbons (Fsp3) is 0.333. The number of aryl methyl sites for hydroxylation is 1. The SMILES string of the molecule is Cc1ccccc1-n1ccnc1SCC(=O)NC1CCN(C(C)c2ccccc2)C1. The molecule has 2 unspecified atom stereocenters. The molecule has 1 aromatic heterocycles. The first kappa shape index (κ1) is 20.7. The molecule has 2 atom stereocenters. The average molecular weight is 421 g/mol. The van der Waals surface area contributed by atoms with E-state index in [1.807, 2.05) is 29.0 Å². The zero-order valence-electron chi connectivity index (χ0n) is 17.5. The molecule has 1 aliphatic rings. The molecular weight excluding hydrogens is 392 g/mol. The Morgan fingerprint density at radius 2 is 1.97 bits per heavy atom. The van der Waals surface area contributed by atoms with E-state index in [2.05, 4.69) is 65.4 Å². The van der Waals surface area contributed by atoms with Crippen LogP contribution in [0.4, 0.5) is 0 Å². The predicted molar refractivity (Wildman–Crippen MR) is 122 cm³/mol. The lowest BCUT2D eigenvalue weighted by Gasteiger charge is -2.24. The largest absolute Gasteiger partial charge is 0.351 e. The Hall–Kier alpha value is -2.57. The fourth-order valence-corrected chi connectivity index (χ4v) is 4.79. The van der Waals surface area contributed by atoms with Gasteiger partial charge in [-0.05, 0) is 37.5 Å². The zero-order chi connectivity index (χ0) is 20.9. The number of carbonyl (C=O) groups is 1. The summed E-state index contributed by atoms with van der Waals surface area (Å²) in [6, 6.07) is 19.3. The minimum Gasteiger partial charge on any atom is -0.351 e. The molecule has 0 saturated carbocycles. The van der Waals surface area contributed by atoms with Gasteiger partial charge in [0.15, 0.2) is 5.16 Å². The first-order valence-electron chi connectivity index (χ1n) is 10.4. The maximum absolute atomic E-state index is 12.6. The number of hydrogen-bond acceptors (Lipinski definition) is 4. The summed E-state index contributed by atoms with van der Waals surface area (Å²) in [5.74, 6) is 0.437. The minimum absolute atomic E-state index is 0.0681. The van der Waals surface area contributed by atoms with E-state index in [9.17, 15) is 4.79 Å². The van der Waals surface area contributed by atoms with Gasteiger partial charge < -0.3 is 5.32 Å². The molecule has 1 N–H and O–H groups in total. The monoisotopic (exact) mass is 420 g/mol. The van der Waals surface area contributed by atoms with Gasteiger partial charge in [-0.1, -0.05) is 60.3 Å². The summed E-state index contributed by atoms with van der Waals surface area (Å²) in [7, 11) is 0. The number of likely N-dealkylation sites (tertiary alicyclic amines) is 1. The van der Waals surface area contributed by atoms with Crippen molar-refractivity contribution in [1.82, 2.24) is 19.8 Å². The highest BCUT2D eigenvalue weighted by Gasteiger charge is 2.27. The van der Waals surface area contributed by atoms with Gasteiger partial charge >= 0.3 is 0 Å². The van der Waals surface area contributed by atoms with E-state index in [1.165, 1.54) is 22.9 Å². The van der Waals surface area contributed by atoms with E-state index < -0.39 is 0 Å². The molecule has 2 heterocycles. The summed E-state index contributed by atoms with van der Waals surface area (Å²) in [5.41, 5.74) is 3.60. The van der Waals surface area contributed by atoms with Crippen LogP contribution in [0.3, 0.4) is 0 Å². The number of nitrogens with zero attached hydrogens (tertiary/aromatic N) is 3. The third-order valence-corrected chi connectivity index (χ3v) is 6.70. The molecule has 1 aliphatic heterocycles. The third-order valence-electron chi connectivity index (χ3n) is 5.73. The molecule has 0 spiro atoms. The number of thioether (sulfide) groups is 1. The van der Waals surface area contributed by atoms with Crippen LogP contribution >= 0.6 is 11.8 Å². The number of carbonyl (C=O) groups excluding carboxylic acids is 1. The molecule has 1 saturated heterocycles. The van der Waals surface area contributed by atoms with Crippen LogP contribution in [0.2, 0.25) is 0 Å². The summed E-state index contributed by atoms with van der Waals surface area (Å²) < 4.78 is 2.05. The van der Waals surface area contributed by atoms with Crippen molar-refractivity contribution < 1.29 is 4.79 Å². The standard InChI is InChI=1S/C24H28N4OS/c1-18-8-6-7-11-22(18)28-15-13-25-24(28)30-17-23(29)26-21-12-14-27(16-21)19(2)20-9-4-3-5-10-20/h3-11,13,15,19,21H,12,14,16-17H2,1-2H3,(H,26,29). The summed E-state index contributed by atoms with van der Waals surface area (Å²) >= 11 is 1.48. The first-order chi connectivity index (χ1) is 14.6. The van der Waals surface area contributed by atoms with Crippen molar-refractivity contribution in [2.75, 3.05) is 18.8 Å². The van der Waals surface area contributed by atoms with Crippen molar-refractivity contribution in [2.24, 2.45) is 0 Å². The Bertz CT molecular complexity index is 988. The maximum atomic E-state index is 12.6. The summed E-state index contributed by atoms with van der Waals surface area (Å²) in [4.78, 5) is 19.5. The van der Waals surface area contributed by atoms with E-state index in [-0.39, 0.29) is 11.9 Å². The number of nitrogens with one attached hydrogen (secondary N) is 1. The van der Waals surface area contributed by atoms with Crippen LogP contribution in [-0.4, -0.2) is 45.2 Å². The Balaban J connectivity index is 1.29. The third kappa shape index (κ3) is 4.77. The first-order valence-corrected chi connectivity index (χ1v) is 11.4. The highest BCUT2D eigenvalue weighted by molar-refractivity contribution is 7.99. The van der Waals surface area contributed by atoms with E-state index in [4.69, 9.17) is 0 Å². The van der Waals surface area contributed by atoms with Gasteiger partial charge in [-0.2, -0.15) is 0 Å². The molecule has 156 valence electrons. The molecule has 5 nitrogen and oxygen atoms in total. The highest BCUT2D eigenvalue weighted by Crippen LogP contribution is 2.25. The summed E-state index contributed by atoms with van der Waals surface area (Å²) in [5, 5.41) is 4.05. The topological polar surface area (TPSA) is 50.2 Å². The number of hydrogen-bond donors (Lipinski definition) is 1. The quantitative estimate of drug-likeness (QED) is 0.582. The molecule has 30 heavy (non-hydrogen) atoms. The van der Waals surface area contributed by atoms with Gasteiger partial charge in [0.05, 0.1) is 11.4 Å². The molecule has 1 fully saturated rings. The lowest BCUT2D eigenvalue weighted by molar-refractivity contribution is -0.119. The van der Waals surface area contributed by atoms with Crippen LogP contribution in [0.15, 0.2) is 72.1 Å². The maximum Gasteiger partial charge on any atom is 0.230 e. The number of aromatic nitrogens is 2. The number of imidazole rings is 1. The minimum atomic E-state index is 0.0681. The fourth-order valence-electron chi connectivity index (χ4n) is 4.01. The lowest BCUT2D eigenvalue weighted by atomic mass is 10.1. The number of amides is 1. The van der Waals surface area contributed by atoms with Gasteiger partial charge in [-0.15, -0.1) is 0 Å². The molecule has 1 amide bonds.